The zero-order valence-corrected chi connectivity index (χ0v) is 12.2. The van der Waals surface area contributed by atoms with Crippen LogP contribution in [0, 0.1) is 0 Å². The van der Waals surface area contributed by atoms with Crippen molar-refractivity contribution in [1.82, 2.24) is 0 Å². The molecule has 0 aromatic heterocycles. The summed E-state index contributed by atoms with van der Waals surface area (Å²) in [4.78, 5) is 12.4. The minimum absolute atomic E-state index is 0.227. The highest BCUT2D eigenvalue weighted by Gasteiger charge is 2.26. The van der Waals surface area contributed by atoms with Crippen molar-refractivity contribution in [2.75, 3.05) is 0 Å². The van der Waals surface area contributed by atoms with Crippen molar-refractivity contribution in [2.24, 2.45) is 0 Å². The minimum Gasteiger partial charge on any atom is -0.294 e. The normalized spacial score (nSPS) is 13.7. The van der Waals surface area contributed by atoms with Gasteiger partial charge < -0.3 is 0 Å². The van der Waals surface area contributed by atoms with Crippen LogP contribution in [0.15, 0.2) is 54.6 Å². The molecule has 3 aromatic carbocycles. The second kappa shape index (κ2) is 4.71. The van der Waals surface area contributed by atoms with Gasteiger partial charge in [-0.1, -0.05) is 60.1 Å². The summed E-state index contributed by atoms with van der Waals surface area (Å²) in [6.45, 7) is 0. The second-order valence-electron chi connectivity index (χ2n) is 5.41. The third-order valence-electron chi connectivity index (χ3n) is 4.16. The summed E-state index contributed by atoms with van der Waals surface area (Å²) in [5.41, 5.74) is 4.06. The highest BCUT2D eigenvalue weighted by atomic mass is 35.5. The lowest BCUT2D eigenvalue weighted by Gasteiger charge is -2.14. The molecule has 0 saturated carbocycles. The van der Waals surface area contributed by atoms with E-state index in [1.165, 1.54) is 0 Å². The Morgan fingerprint density at radius 1 is 0.857 bits per heavy atom. The van der Waals surface area contributed by atoms with Gasteiger partial charge in [-0.2, -0.15) is 0 Å². The van der Waals surface area contributed by atoms with E-state index in [9.17, 15) is 4.79 Å². The fraction of sp³-hybridized carbons (Fsp3) is 0.105. The van der Waals surface area contributed by atoms with Crippen molar-refractivity contribution in [3.63, 3.8) is 0 Å². The maximum absolute atomic E-state index is 12.4. The lowest BCUT2D eigenvalue weighted by Crippen LogP contribution is -1.97. The molecule has 0 amide bonds. The molecule has 1 nitrogen and oxygen atoms in total. The number of hydrogen-bond acceptors (Lipinski definition) is 1. The third-order valence-corrected chi connectivity index (χ3v) is 4.47. The van der Waals surface area contributed by atoms with Crippen molar-refractivity contribution in [1.29, 1.82) is 0 Å². The lowest BCUT2D eigenvalue weighted by molar-refractivity contribution is 0.0995. The number of benzene rings is 3. The van der Waals surface area contributed by atoms with Crippen LogP contribution < -0.4 is 0 Å². The first-order valence-corrected chi connectivity index (χ1v) is 7.46. The van der Waals surface area contributed by atoms with Crippen molar-refractivity contribution < 1.29 is 4.79 Å². The first kappa shape index (κ1) is 12.6. The number of carbonyl (C=O) groups excluding carboxylic acids is 1. The Morgan fingerprint density at radius 3 is 2.48 bits per heavy atom. The highest BCUT2D eigenvalue weighted by molar-refractivity contribution is 6.37. The number of aryl methyl sites for hydroxylation is 1. The predicted octanol–water partition coefficient (Wildman–Crippen LogP) is 5.29. The number of hydrogen-bond donors (Lipinski definition) is 0. The smallest absolute Gasteiger partial charge is 0.164 e. The summed E-state index contributed by atoms with van der Waals surface area (Å²) in [7, 11) is 0. The Bertz CT molecular complexity index is 866. The quantitative estimate of drug-likeness (QED) is 0.595. The molecule has 0 N–H and O–H groups in total. The molecule has 0 radical (unpaired) electrons. The molecule has 0 spiro atoms. The highest BCUT2D eigenvalue weighted by Crippen LogP contribution is 2.41. The fourth-order valence-electron chi connectivity index (χ4n) is 3.25. The van der Waals surface area contributed by atoms with Crippen molar-refractivity contribution in [3.05, 3.63) is 70.7 Å². The lowest BCUT2D eigenvalue weighted by atomic mass is 9.90. The first-order chi connectivity index (χ1) is 10.3. The molecule has 1 aliphatic rings. The summed E-state index contributed by atoms with van der Waals surface area (Å²) in [6, 6.07) is 18.1. The predicted molar refractivity (Wildman–Crippen MR) is 87.0 cm³/mol. The fourth-order valence-corrected chi connectivity index (χ4v) is 3.53. The largest absolute Gasteiger partial charge is 0.294 e. The number of halogens is 1. The molecule has 3 aromatic rings. The molecule has 0 unspecified atom stereocenters. The molecule has 0 bridgehead atoms. The molecule has 0 heterocycles. The molecule has 0 fully saturated rings. The van der Waals surface area contributed by atoms with Crippen LogP contribution in [-0.2, 0) is 6.42 Å². The number of fused-ring (bicyclic) bond motifs is 2. The van der Waals surface area contributed by atoms with Crippen LogP contribution >= 0.6 is 11.6 Å². The molecular weight excluding hydrogens is 280 g/mol. The SMILES string of the molecule is O=C1CCc2cc3cccc(Cl)c3c(-c3ccccc3)c21. The van der Waals surface area contributed by atoms with Crippen LogP contribution in [0.3, 0.4) is 0 Å². The average Bonchev–Trinajstić information content (AvgIpc) is 2.88. The van der Waals surface area contributed by atoms with Gasteiger partial charge in [0, 0.05) is 28.0 Å². The molecule has 21 heavy (non-hydrogen) atoms. The maximum Gasteiger partial charge on any atom is 0.164 e. The zero-order chi connectivity index (χ0) is 14.4. The van der Waals surface area contributed by atoms with Crippen molar-refractivity contribution >= 4 is 28.2 Å². The topological polar surface area (TPSA) is 17.1 Å². The van der Waals surface area contributed by atoms with Gasteiger partial charge in [0.25, 0.3) is 0 Å². The van der Waals surface area contributed by atoms with Gasteiger partial charge in [0.15, 0.2) is 5.78 Å². The summed E-state index contributed by atoms with van der Waals surface area (Å²) in [5, 5.41) is 2.79. The number of rotatable bonds is 1. The number of ketones is 1. The molecule has 1 aliphatic carbocycles. The monoisotopic (exact) mass is 292 g/mol. The van der Waals surface area contributed by atoms with Crippen LogP contribution in [0.1, 0.15) is 22.3 Å². The van der Waals surface area contributed by atoms with Crippen molar-refractivity contribution in [2.45, 2.75) is 12.8 Å². The van der Waals surface area contributed by atoms with Gasteiger partial charge in [-0.3, -0.25) is 4.79 Å². The van der Waals surface area contributed by atoms with E-state index in [2.05, 4.69) is 12.1 Å². The second-order valence-corrected chi connectivity index (χ2v) is 5.82. The number of carbonyl (C=O) groups is 1. The number of Topliss-reactive ketones (excluding diaryl/α,β-unsaturated/α-hetero) is 1. The van der Waals surface area contributed by atoms with Gasteiger partial charge in [0.2, 0.25) is 0 Å². The first-order valence-electron chi connectivity index (χ1n) is 7.08. The van der Waals surface area contributed by atoms with E-state index in [-0.39, 0.29) is 5.78 Å². The maximum atomic E-state index is 12.4. The van der Waals surface area contributed by atoms with Gasteiger partial charge in [-0.15, -0.1) is 0 Å². The Morgan fingerprint density at radius 2 is 1.67 bits per heavy atom. The van der Waals surface area contributed by atoms with Gasteiger partial charge in [-0.25, -0.2) is 0 Å². The van der Waals surface area contributed by atoms with E-state index >= 15 is 0 Å². The molecule has 0 aliphatic heterocycles. The van der Waals surface area contributed by atoms with E-state index in [0.717, 1.165) is 39.4 Å². The summed E-state index contributed by atoms with van der Waals surface area (Å²) in [6.07, 6.45) is 1.43. The Balaban J connectivity index is 2.21. The molecular formula is C19H13ClO. The Kier molecular flexibility index (Phi) is 2.83. The Hall–Kier alpha value is -2.12. The molecule has 0 atom stereocenters. The summed E-state index contributed by atoms with van der Waals surface area (Å²) in [5.74, 6) is 0.227. The average molecular weight is 293 g/mol. The van der Waals surface area contributed by atoms with Crippen LogP contribution in [0.5, 0.6) is 0 Å². The zero-order valence-electron chi connectivity index (χ0n) is 11.4. The summed E-state index contributed by atoms with van der Waals surface area (Å²) >= 11 is 6.45. The minimum atomic E-state index is 0.227. The third kappa shape index (κ3) is 1.89. The van der Waals surface area contributed by atoms with Crippen LogP contribution in [-0.4, -0.2) is 5.78 Å². The van der Waals surface area contributed by atoms with E-state index in [0.29, 0.717) is 11.4 Å². The van der Waals surface area contributed by atoms with Gasteiger partial charge in [-0.05, 0) is 29.0 Å². The van der Waals surface area contributed by atoms with E-state index < -0.39 is 0 Å². The van der Waals surface area contributed by atoms with E-state index in [1.54, 1.807) is 0 Å². The Labute approximate surface area is 128 Å². The van der Waals surface area contributed by atoms with Gasteiger partial charge in [0.05, 0.1) is 0 Å². The molecule has 102 valence electrons. The van der Waals surface area contributed by atoms with E-state index in [4.69, 9.17) is 11.6 Å². The van der Waals surface area contributed by atoms with Gasteiger partial charge in [0.1, 0.15) is 0 Å². The molecule has 2 heteroatoms. The van der Waals surface area contributed by atoms with Gasteiger partial charge >= 0.3 is 0 Å². The standard InChI is InChI=1S/C19H13ClO/c20-15-8-4-7-13-11-14-9-10-16(21)18(14)19(17(13)15)12-5-2-1-3-6-12/h1-8,11H,9-10H2. The van der Waals surface area contributed by atoms with Crippen LogP contribution in [0.25, 0.3) is 21.9 Å². The van der Waals surface area contributed by atoms with Crippen molar-refractivity contribution in [3.8, 4) is 11.1 Å². The molecule has 0 saturated heterocycles. The van der Waals surface area contributed by atoms with Crippen LogP contribution in [0.2, 0.25) is 5.02 Å². The summed E-state index contributed by atoms with van der Waals surface area (Å²) < 4.78 is 0. The van der Waals surface area contributed by atoms with Crippen LogP contribution in [0.4, 0.5) is 0 Å². The van der Waals surface area contributed by atoms with E-state index in [1.807, 2.05) is 42.5 Å². The molecule has 4 rings (SSSR count).